The number of nitrogens with zero attached hydrogens (tertiary/aromatic N) is 1. The summed E-state index contributed by atoms with van der Waals surface area (Å²) in [4.78, 5) is 0. The summed E-state index contributed by atoms with van der Waals surface area (Å²) in [6.07, 6.45) is -0.548. The van der Waals surface area contributed by atoms with Gasteiger partial charge in [0.2, 0.25) is 0 Å². The summed E-state index contributed by atoms with van der Waals surface area (Å²) in [5.41, 5.74) is 4.33. The molecule has 5 nitrogen and oxygen atoms in total. The molecule has 0 radical (unpaired) electrons. The summed E-state index contributed by atoms with van der Waals surface area (Å²) in [6.45, 7) is 7.46. The summed E-state index contributed by atoms with van der Waals surface area (Å²) < 4.78 is 5.72. The molecule has 120 valence electrons. The monoisotopic (exact) mass is 303 g/mol. The average Bonchev–Trinajstić information content (AvgIpc) is 2.85. The minimum absolute atomic E-state index is 0.0192. The Morgan fingerprint density at radius 3 is 2.64 bits per heavy atom. The summed E-state index contributed by atoms with van der Waals surface area (Å²) >= 11 is 0. The maximum absolute atomic E-state index is 10.0. The van der Waals surface area contributed by atoms with Crippen molar-refractivity contribution >= 4 is 0 Å². The van der Waals surface area contributed by atoms with E-state index in [1.54, 1.807) is 0 Å². The molecule has 0 unspecified atom stereocenters. The molecule has 2 rings (SSSR count). The Labute approximate surface area is 131 Å². The summed E-state index contributed by atoms with van der Waals surface area (Å²) in [5.74, 6) is 0. The van der Waals surface area contributed by atoms with E-state index in [1.165, 1.54) is 0 Å². The second kappa shape index (κ2) is 8.08. The molecule has 0 bridgehead atoms. The molecule has 1 aromatic heterocycles. The second-order valence-electron chi connectivity index (χ2n) is 5.58. The van der Waals surface area contributed by atoms with Gasteiger partial charge in [-0.15, -0.1) is 0 Å². The lowest BCUT2D eigenvalue weighted by Crippen LogP contribution is -2.30. The Morgan fingerprint density at radius 1 is 1.27 bits per heavy atom. The highest BCUT2D eigenvalue weighted by atomic mass is 16.5. The first-order valence-electron chi connectivity index (χ1n) is 7.63. The molecule has 0 fully saturated rings. The molecular formula is C17H25N3O2. The van der Waals surface area contributed by atoms with E-state index in [-0.39, 0.29) is 6.10 Å². The van der Waals surface area contributed by atoms with E-state index in [1.807, 2.05) is 51.1 Å². The Balaban J connectivity index is 1.69. The zero-order valence-corrected chi connectivity index (χ0v) is 13.5. The van der Waals surface area contributed by atoms with Crippen LogP contribution in [0, 0.1) is 13.8 Å². The average molecular weight is 303 g/mol. The van der Waals surface area contributed by atoms with Gasteiger partial charge in [-0.3, -0.25) is 5.10 Å². The molecule has 0 saturated carbocycles. The standard InChI is InChI=1S/C17H25N3O2/c1-12-17(13(2)20-19-12)10-18-9-16(21)11-22-14(3)15-7-5-4-6-8-15/h4-8,14,16,18,21H,9-11H2,1-3H3,(H,19,20)/t14-,16+/m0/s1. The van der Waals surface area contributed by atoms with Crippen molar-refractivity contribution in [1.82, 2.24) is 15.5 Å². The number of hydrogen-bond acceptors (Lipinski definition) is 4. The molecule has 5 heteroatoms. The molecule has 1 aromatic carbocycles. The highest BCUT2D eigenvalue weighted by molar-refractivity contribution is 5.22. The Bertz CT molecular complexity index is 549. The van der Waals surface area contributed by atoms with E-state index >= 15 is 0 Å². The zero-order chi connectivity index (χ0) is 15.9. The van der Waals surface area contributed by atoms with Crippen molar-refractivity contribution in [3.63, 3.8) is 0 Å². The normalized spacial score (nSPS) is 14.0. The van der Waals surface area contributed by atoms with E-state index in [9.17, 15) is 5.11 Å². The van der Waals surface area contributed by atoms with Crippen molar-refractivity contribution in [2.75, 3.05) is 13.2 Å². The van der Waals surface area contributed by atoms with Gasteiger partial charge in [0.05, 0.1) is 24.5 Å². The number of aromatic nitrogens is 2. The van der Waals surface area contributed by atoms with Gasteiger partial charge < -0.3 is 15.2 Å². The van der Waals surface area contributed by atoms with Crippen LogP contribution >= 0.6 is 0 Å². The van der Waals surface area contributed by atoms with Gasteiger partial charge >= 0.3 is 0 Å². The van der Waals surface area contributed by atoms with Gasteiger partial charge in [0.15, 0.2) is 0 Å². The lowest BCUT2D eigenvalue weighted by atomic mass is 10.1. The quantitative estimate of drug-likeness (QED) is 0.699. The molecule has 22 heavy (non-hydrogen) atoms. The van der Waals surface area contributed by atoms with Gasteiger partial charge in [0.1, 0.15) is 0 Å². The molecule has 0 aliphatic heterocycles. The Morgan fingerprint density at radius 2 is 2.00 bits per heavy atom. The fourth-order valence-electron chi connectivity index (χ4n) is 2.33. The number of aliphatic hydroxyl groups excluding tert-OH is 1. The smallest absolute Gasteiger partial charge is 0.0898 e. The van der Waals surface area contributed by atoms with Crippen LogP contribution in [0.5, 0.6) is 0 Å². The molecular weight excluding hydrogens is 278 g/mol. The van der Waals surface area contributed by atoms with Crippen LogP contribution in [0.4, 0.5) is 0 Å². The van der Waals surface area contributed by atoms with Gasteiger partial charge in [-0.1, -0.05) is 30.3 Å². The van der Waals surface area contributed by atoms with Gasteiger partial charge in [0, 0.05) is 24.3 Å². The molecule has 0 aliphatic rings. The van der Waals surface area contributed by atoms with Crippen molar-refractivity contribution in [1.29, 1.82) is 0 Å². The van der Waals surface area contributed by atoms with Crippen LogP contribution in [-0.2, 0) is 11.3 Å². The summed E-state index contributed by atoms with van der Waals surface area (Å²) in [6, 6.07) is 10.0. The molecule has 0 amide bonds. The minimum atomic E-state index is -0.529. The second-order valence-corrected chi connectivity index (χ2v) is 5.58. The number of benzene rings is 1. The number of aryl methyl sites for hydroxylation is 2. The summed E-state index contributed by atoms with van der Waals surface area (Å²) in [5, 5.41) is 20.4. The highest BCUT2D eigenvalue weighted by Gasteiger charge is 2.11. The molecule has 2 aromatic rings. The van der Waals surface area contributed by atoms with Crippen molar-refractivity contribution < 1.29 is 9.84 Å². The largest absolute Gasteiger partial charge is 0.389 e. The number of aliphatic hydroxyl groups is 1. The third kappa shape index (κ3) is 4.66. The first kappa shape index (κ1) is 16.7. The van der Waals surface area contributed by atoms with Crippen LogP contribution in [-0.4, -0.2) is 34.6 Å². The maximum Gasteiger partial charge on any atom is 0.0898 e. The van der Waals surface area contributed by atoms with E-state index in [2.05, 4.69) is 15.5 Å². The number of H-pyrrole nitrogens is 1. The Kier molecular flexibility index (Phi) is 6.12. The number of hydrogen-bond donors (Lipinski definition) is 3. The maximum atomic E-state index is 10.0. The zero-order valence-electron chi connectivity index (χ0n) is 13.5. The molecule has 0 aliphatic carbocycles. The highest BCUT2D eigenvalue weighted by Crippen LogP contribution is 2.15. The third-order valence-corrected chi connectivity index (χ3v) is 3.77. The lowest BCUT2D eigenvalue weighted by molar-refractivity contribution is -0.00212. The Hall–Kier alpha value is -1.69. The lowest BCUT2D eigenvalue weighted by Gasteiger charge is -2.17. The van der Waals surface area contributed by atoms with Crippen LogP contribution in [0.15, 0.2) is 30.3 Å². The first-order chi connectivity index (χ1) is 10.6. The minimum Gasteiger partial charge on any atom is -0.389 e. The number of aromatic amines is 1. The van der Waals surface area contributed by atoms with Gasteiger partial charge in [0.25, 0.3) is 0 Å². The summed E-state index contributed by atoms with van der Waals surface area (Å²) in [7, 11) is 0. The van der Waals surface area contributed by atoms with Crippen LogP contribution in [0.25, 0.3) is 0 Å². The van der Waals surface area contributed by atoms with Gasteiger partial charge in [-0.2, -0.15) is 5.10 Å². The van der Waals surface area contributed by atoms with E-state index in [4.69, 9.17) is 4.74 Å². The SMILES string of the molecule is Cc1n[nH]c(C)c1CNC[C@@H](O)CO[C@@H](C)c1ccccc1. The van der Waals surface area contributed by atoms with E-state index < -0.39 is 6.10 Å². The fraction of sp³-hybridized carbons (Fsp3) is 0.471. The number of nitrogens with one attached hydrogen (secondary N) is 2. The van der Waals surface area contributed by atoms with Crippen molar-refractivity contribution in [2.45, 2.75) is 39.5 Å². The van der Waals surface area contributed by atoms with E-state index in [0.29, 0.717) is 19.7 Å². The topological polar surface area (TPSA) is 70.2 Å². The number of ether oxygens (including phenoxy) is 1. The van der Waals surface area contributed by atoms with Crippen molar-refractivity contribution in [2.24, 2.45) is 0 Å². The molecule has 3 N–H and O–H groups in total. The predicted octanol–water partition coefficient (Wildman–Crippen LogP) is 2.25. The van der Waals surface area contributed by atoms with Crippen LogP contribution in [0.2, 0.25) is 0 Å². The van der Waals surface area contributed by atoms with Crippen molar-refractivity contribution in [3.8, 4) is 0 Å². The van der Waals surface area contributed by atoms with Crippen LogP contribution in [0.3, 0.4) is 0 Å². The first-order valence-corrected chi connectivity index (χ1v) is 7.63. The van der Waals surface area contributed by atoms with Gasteiger partial charge in [-0.05, 0) is 26.3 Å². The fourth-order valence-corrected chi connectivity index (χ4v) is 2.33. The molecule has 2 atom stereocenters. The van der Waals surface area contributed by atoms with Gasteiger partial charge in [-0.25, -0.2) is 0 Å². The van der Waals surface area contributed by atoms with Crippen LogP contribution < -0.4 is 5.32 Å². The number of rotatable bonds is 8. The molecule has 0 saturated heterocycles. The van der Waals surface area contributed by atoms with E-state index in [0.717, 1.165) is 22.5 Å². The predicted molar refractivity (Wildman–Crippen MR) is 86.6 cm³/mol. The molecule has 0 spiro atoms. The van der Waals surface area contributed by atoms with Crippen molar-refractivity contribution in [3.05, 3.63) is 52.8 Å². The van der Waals surface area contributed by atoms with Crippen LogP contribution in [0.1, 0.15) is 35.5 Å². The third-order valence-electron chi connectivity index (χ3n) is 3.77. The molecule has 1 heterocycles.